The molecular weight excluding hydrogens is 318 g/mol. The molecule has 2 aromatic heterocycles. The van der Waals surface area contributed by atoms with Crippen molar-refractivity contribution < 1.29 is 65.4 Å². The molecule has 0 aliphatic rings. The number of hydrogen-bond acceptors (Lipinski definition) is 2. The second kappa shape index (κ2) is 6.13. The van der Waals surface area contributed by atoms with Gasteiger partial charge < -0.3 is 16.0 Å². The Morgan fingerprint density at radius 3 is 2.85 bits per heavy atom. The summed E-state index contributed by atoms with van der Waals surface area (Å²) in [5.41, 5.74) is 0.459. The van der Waals surface area contributed by atoms with Crippen LogP contribution in [-0.4, -0.2) is 9.97 Å². The zero-order valence-electron chi connectivity index (χ0n) is 6.74. The third-order valence-corrected chi connectivity index (χ3v) is 1.40. The SMILES string of the molecule is O=c1[nH]ccc2n[c-]c[c-]c12.[Y].[Y]. The number of pyridine rings is 2. The van der Waals surface area contributed by atoms with Gasteiger partial charge in [-0.1, -0.05) is 0 Å². The molecule has 0 aliphatic heterocycles. The first-order chi connectivity index (χ1) is 5.38. The second-order valence-corrected chi connectivity index (χ2v) is 2.10. The smallest absolute Gasteiger partial charge is 0.209 e. The van der Waals surface area contributed by atoms with Crippen LogP contribution >= 0.6 is 0 Å². The minimum Gasteiger partial charge on any atom is -0.521 e. The van der Waals surface area contributed by atoms with Crippen molar-refractivity contribution in [3.05, 3.63) is 40.9 Å². The Labute approximate surface area is 125 Å². The van der Waals surface area contributed by atoms with Crippen LogP contribution in [0.5, 0.6) is 0 Å². The van der Waals surface area contributed by atoms with Gasteiger partial charge in [0.05, 0.1) is 0 Å². The number of hydrogen-bond donors (Lipinski definition) is 1. The molecule has 3 nitrogen and oxygen atoms in total. The van der Waals surface area contributed by atoms with Gasteiger partial charge >= 0.3 is 0 Å². The van der Waals surface area contributed by atoms with E-state index in [0.717, 1.165) is 0 Å². The van der Waals surface area contributed by atoms with Gasteiger partial charge in [-0.3, -0.25) is 17.1 Å². The van der Waals surface area contributed by atoms with E-state index in [0.29, 0.717) is 10.9 Å². The van der Waals surface area contributed by atoms with Crippen LogP contribution in [0.3, 0.4) is 0 Å². The number of aromatic nitrogens is 2. The average Bonchev–Trinajstić information content (AvgIpc) is 2.06. The average molecular weight is 322 g/mol. The first-order valence-electron chi connectivity index (χ1n) is 3.14. The number of aromatic amines is 1. The first kappa shape index (κ1) is 13.6. The third-order valence-electron chi connectivity index (χ3n) is 1.40. The maximum absolute atomic E-state index is 11.0. The van der Waals surface area contributed by atoms with Gasteiger partial charge in [0.15, 0.2) is 0 Å². The van der Waals surface area contributed by atoms with E-state index < -0.39 is 0 Å². The molecule has 0 spiro atoms. The third kappa shape index (κ3) is 3.02. The van der Waals surface area contributed by atoms with E-state index in [2.05, 4.69) is 22.2 Å². The maximum Gasteiger partial charge on any atom is 0.209 e. The van der Waals surface area contributed by atoms with Crippen LogP contribution in [0.1, 0.15) is 0 Å². The molecule has 0 bridgehead atoms. The van der Waals surface area contributed by atoms with Crippen LogP contribution in [-0.2, 0) is 65.4 Å². The molecule has 1 N–H and O–H groups in total. The Morgan fingerprint density at radius 1 is 1.38 bits per heavy atom. The summed E-state index contributed by atoms with van der Waals surface area (Å²) in [5, 5.41) is 0.478. The molecule has 0 unspecified atom stereocenters. The quantitative estimate of drug-likeness (QED) is 0.719. The molecule has 0 saturated carbocycles. The Morgan fingerprint density at radius 2 is 2.15 bits per heavy atom. The van der Waals surface area contributed by atoms with Crippen LogP contribution in [0.15, 0.2) is 23.1 Å². The topological polar surface area (TPSA) is 45.8 Å². The van der Waals surface area contributed by atoms with E-state index in [1.54, 1.807) is 12.3 Å². The van der Waals surface area contributed by atoms with Gasteiger partial charge in [-0.2, -0.15) is 10.9 Å². The van der Waals surface area contributed by atoms with Gasteiger partial charge in [0.25, 0.3) is 0 Å². The van der Waals surface area contributed by atoms with Gasteiger partial charge in [-0.05, 0) is 6.20 Å². The van der Waals surface area contributed by atoms with Crippen LogP contribution in [0, 0.1) is 12.3 Å². The van der Waals surface area contributed by atoms with Crippen molar-refractivity contribution in [3.8, 4) is 0 Å². The molecule has 0 fully saturated rings. The van der Waals surface area contributed by atoms with Crippen molar-refractivity contribution in [1.29, 1.82) is 0 Å². The number of nitrogens with zero attached hydrogens (tertiary/aromatic N) is 1. The molecule has 2 heterocycles. The minimum atomic E-state index is -0.163. The van der Waals surface area contributed by atoms with E-state index in [1.165, 1.54) is 6.07 Å². The van der Waals surface area contributed by atoms with Crippen LogP contribution in [0.4, 0.5) is 0 Å². The van der Waals surface area contributed by atoms with Crippen LogP contribution in [0.2, 0.25) is 0 Å². The monoisotopic (exact) mass is 322 g/mol. The van der Waals surface area contributed by atoms with E-state index in [4.69, 9.17) is 0 Å². The summed E-state index contributed by atoms with van der Waals surface area (Å²) in [6.07, 6.45) is 4.16. The molecule has 60 valence electrons. The summed E-state index contributed by atoms with van der Waals surface area (Å²) in [7, 11) is 0. The molecule has 2 aromatic rings. The fraction of sp³-hybridized carbons (Fsp3) is 0. The summed E-state index contributed by atoms with van der Waals surface area (Å²) < 4.78 is 0. The molecular formula is C8H4N2OY2-2. The van der Waals surface area contributed by atoms with Crippen molar-refractivity contribution in [1.82, 2.24) is 9.97 Å². The normalized spacial score (nSPS) is 8.62. The number of H-pyrrole nitrogens is 1. The predicted molar refractivity (Wildman–Crippen MR) is 40.0 cm³/mol. The number of rotatable bonds is 0. The van der Waals surface area contributed by atoms with Crippen molar-refractivity contribution >= 4 is 10.9 Å². The second-order valence-electron chi connectivity index (χ2n) is 2.10. The Kier molecular flexibility index (Phi) is 6.39. The van der Waals surface area contributed by atoms with Crippen LogP contribution < -0.4 is 5.56 Å². The molecule has 2 radical (unpaired) electrons. The standard InChI is InChI=1S/C8H4N2O.2Y/c11-8-6-2-1-4-9-7(6)3-5-10-8;;/h1,3,5H,(H,10,11);;/q-2;;. The summed E-state index contributed by atoms with van der Waals surface area (Å²) in [5.74, 6) is 0. The molecule has 0 aliphatic carbocycles. The molecule has 2 rings (SSSR count). The van der Waals surface area contributed by atoms with Crippen molar-refractivity contribution in [3.63, 3.8) is 0 Å². The van der Waals surface area contributed by atoms with Gasteiger partial charge in [0.1, 0.15) is 0 Å². The maximum atomic E-state index is 11.0. The summed E-state index contributed by atoms with van der Waals surface area (Å²) in [4.78, 5) is 17.4. The molecule has 0 saturated heterocycles. The molecule has 13 heavy (non-hydrogen) atoms. The molecule has 5 heteroatoms. The summed E-state index contributed by atoms with van der Waals surface area (Å²) in [6.45, 7) is 0. The Hall–Kier alpha value is 0.568. The zero-order valence-corrected chi connectivity index (χ0v) is 12.4. The van der Waals surface area contributed by atoms with Gasteiger partial charge in [0, 0.05) is 65.4 Å². The fourth-order valence-electron chi connectivity index (χ4n) is 0.907. The van der Waals surface area contributed by atoms with E-state index in [9.17, 15) is 4.79 Å². The summed E-state index contributed by atoms with van der Waals surface area (Å²) >= 11 is 0. The molecule has 0 aromatic carbocycles. The Bertz CT molecular complexity index is 436. The predicted octanol–water partition coefficient (Wildman–Crippen LogP) is 0.518. The van der Waals surface area contributed by atoms with Crippen molar-refractivity contribution in [2.45, 2.75) is 0 Å². The number of fused-ring (bicyclic) bond motifs is 1. The number of nitrogens with one attached hydrogen (secondary N) is 1. The first-order valence-corrected chi connectivity index (χ1v) is 3.14. The molecule has 0 amide bonds. The van der Waals surface area contributed by atoms with E-state index >= 15 is 0 Å². The zero-order chi connectivity index (χ0) is 7.68. The molecule has 0 atom stereocenters. The largest absolute Gasteiger partial charge is 0.521 e. The fourth-order valence-corrected chi connectivity index (χ4v) is 0.907. The minimum absolute atomic E-state index is 0. The van der Waals surface area contributed by atoms with Crippen molar-refractivity contribution in [2.75, 3.05) is 0 Å². The van der Waals surface area contributed by atoms with Crippen LogP contribution in [0.25, 0.3) is 10.9 Å². The van der Waals surface area contributed by atoms with Gasteiger partial charge in [-0.25, -0.2) is 0 Å². The van der Waals surface area contributed by atoms with Crippen molar-refractivity contribution in [2.24, 2.45) is 0 Å². The van der Waals surface area contributed by atoms with E-state index in [-0.39, 0.29) is 71.0 Å². The van der Waals surface area contributed by atoms with Gasteiger partial charge in [-0.15, -0.1) is 6.07 Å². The Balaban J connectivity index is 0.000000720. The van der Waals surface area contributed by atoms with E-state index in [1.807, 2.05) is 0 Å². The van der Waals surface area contributed by atoms with Gasteiger partial charge in [0.2, 0.25) is 5.56 Å². The summed E-state index contributed by atoms with van der Waals surface area (Å²) in [6, 6.07) is 5.97.